The SMILES string of the molecule is Cc1nc(N2CCOCC2)nc(C)c1NC(=O)Cc1c(F)cccc1Cl. The number of morpholine rings is 1. The van der Waals surface area contributed by atoms with E-state index in [-0.39, 0.29) is 22.9 Å². The maximum absolute atomic E-state index is 13.9. The molecule has 138 valence electrons. The molecule has 0 saturated carbocycles. The summed E-state index contributed by atoms with van der Waals surface area (Å²) in [6, 6.07) is 4.35. The van der Waals surface area contributed by atoms with Crippen LogP contribution in [0.4, 0.5) is 16.0 Å². The molecule has 0 bridgehead atoms. The maximum Gasteiger partial charge on any atom is 0.229 e. The molecule has 0 spiro atoms. The zero-order chi connectivity index (χ0) is 18.7. The number of aryl methyl sites for hydroxylation is 2. The van der Waals surface area contributed by atoms with Gasteiger partial charge in [-0.3, -0.25) is 4.79 Å². The molecular formula is C18H20ClFN4O2. The number of hydrogen-bond donors (Lipinski definition) is 1. The smallest absolute Gasteiger partial charge is 0.229 e. The van der Waals surface area contributed by atoms with E-state index >= 15 is 0 Å². The summed E-state index contributed by atoms with van der Waals surface area (Å²) in [5.41, 5.74) is 2.03. The Kier molecular flexibility index (Phi) is 5.68. The minimum absolute atomic E-state index is 0.157. The van der Waals surface area contributed by atoms with Crippen molar-refractivity contribution in [3.05, 3.63) is 46.0 Å². The Morgan fingerprint density at radius 2 is 1.92 bits per heavy atom. The lowest BCUT2D eigenvalue weighted by Crippen LogP contribution is -2.37. The first-order valence-corrected chi connectivity index (χ1v) is 8.74. The second-order valence-corrected chi connectivity index (χ2v) is 6.50. The van der Waals surface area contributed by atoms with Gasteiger partial charge in [0, 0.05) is 23.7 Å². The molecule has 2 aromatic rings. The quantitative estimate of drug-likeness (QED) is 0.886. The van der Waals surface area contributed by atoms with Crippen molar-refractivity contribution >= 4 is 29.1 Å². The van der Waals surface area contributed by atoms with E-state index < -0.39 is 5.82 Å². The first-order chi connectivity index (χ1) is 12.5. The number of amides is 1. The Hall–Kier alpha value is -2.25. The van der Waals surface area contributed by atoms with Crippen molar-refractivity contribution in [3.8, 4) is 0 Å². The van der Waals surface area contributed by atoms with E-state index in [2.05, 4.69) is 15.3 Å². The highest BCUT2D eigenvalue weighted by Gasteiger charge is 2.19. The van der Waals surface area contributed by atoms with Crippen LogP contribution in [0, 0.1) is 19.7 Å². The van der Waals surface area contributed by atoms with Crippen LogP contribution >= 0.6 is 11.6 Å². The fourth-order valence-electron chi connectivity index (χ4n) is 2.83. The Labute approximate surface area is 156 Å². The molecule has 1 N–H and O–H groups in total. The van der Waals surface area contributed by atoms with Gasteiger partial charge in [0.2, 0.25) is 11.9 Å². The summed E-state index contributed by atoms with van der Waals surface area (Å²) in [6.07, 6.45) is -0.157. The Morgan fingerprint density at radius 3 is 2.54 bits per heavy atom. The van der Waals surface area contributed by atoms with Crippen molar-refractivity contribution in [2.24, 2.45) is 0 Å². The summed E-state index contributed by atoms with van der Waals surface area (Å²) in [4.78, 5) is 23.4. The van der Waals surface area contributed by atoms with Crippen molar-refractivity contribution in [1.29, 1.82) is 0 Å². The molecule has 1 saturated heterocycles. The van der Waals surface area contributed by atoms with Gasteiger partial charge in [0.1, 0.15) is 5.82 Å². The van der Waals surface area contributed by atoms with Crippen LogP contribution < -0.4 is 10.2 Å². The Bertz CT molecular complexity index is 782. The van der Waals surface area contributed by atoms with Gasteiger partial charge < -0.3 is 15.0 Å². The molecule has 1 aromatic carbocycles. The van der Waals surface area contributed by atoms with E-state index in [9.17, 15) is 9.18 Å². The normalized spacial score (nSPS) is 14.4. The number of carbonyl (C=O) groups excluding carboxylic acids is 1. The number of nitrogens with one attached hydrogen (secondary N) is 1. The standard InChI is InChI=1S/C18H20ClFN4O2/c1-11-17(12(2)22-18(21-11)24-6-8-26-9-7-24)23-16(25)10-13-14(19)4-3-5-15(13)20/h3-5H,6-10H2,1-2H3,(H,23,25). The molecule has 0 unspecified atom stereocenters. The van der Waals surface area contributed by atoms with E-state index in [1.165, 1.54) is 12.1 Å². The number of halogens is 2. The van der Waals surface area contributed by atoms with Gasteiger partial charge in [-0.25, -0.2) is 14.4 Å². The molecule has 1 aromatic heterocycles. The molecule has 1 amide bonds. The lowest BCUT2D eigenvalue weighted by Gasteiger charge is -2.27. The molecule has 3 rings (SSSR count). The van der Waals surface area contributed by atoms with Crippen molar-refractivity contribution in [1.82, 2.24) is 9.97 Å². The highest BCUT2D eigenvalue weighted by Crippen LogP contribution is 2.23. The van der Waals surface area contributed by atoms with Crippen molar-refractivity contribution in [2.75, 3.05) is 36.5 Å². The second-order valence-electron chi connectivity index (χ2n) is 6.09. The van der Waals surface area contributed by atoms with Crippen LogP contribution in [0.25, 0.3) is 0 Å². The summed E-state index contributed by atoms with van der Waals surface area (Å²) in [5, 5.41) is 3.01. The summed E-state index contributed by atoms with van der Waals surface area (Å²) < 4.78 is 19.2. The molecule has 2 heterocycles. The van der Waals surface area contributed by atoms with Crippen LogP contribution in [0.5, 0.6) is 0 Å². The molecule has 0 radical (unpaired) electrons. The minimum atomic E-state index is -0.500. The summed E-state index contributed by atoms with van der Waals surface area (Å²) in [6.45, 7) is 6.37. The van der Waals surface area contributed by atoms with E-state index in [4.69, 9.17) is 16.3 Å². The third kappa shape index (κ3) is 4.11. The number of benzene rings is 1. The number of nitrogens with zero attached hydrogens (tertiary/aromatic N) is 3. The molecule has 26 heavy (non-hydrogen) atoms. The Balaban J connectivity index is 1.76. The zero-order valence-electron chi connectivity index (χ0n) is 14.7. The van der Waals surface area contributed by atoms with Gasteiger partial charge in [0.15, 0.2) is 0 Å². The van der Waals surface area contributed by atoms with Crippen LogP contribution in [0.3, 0.4) is 0 Å². The number of hydrogen-bond acceptors (Lipinski definition) is 5. The predicted molar refractivity (Wildman–Crippen MR) is 98.3 cm³/mol. The fourth-order valence-corrected chi connectivity index (χ4v) is 3.06. The van der Waals surface area contributed by atoms with Crippen LogP contribution in [-0.2, 0) is 16.0 Å². The first-order valence-electron chi connectivity index (χ1n) is 8.36. The number of rotatable bonds is 4. The van der Waals surface area contributed by atoms with Gasteiger partial charge in [0.05, 0.1) is 36.7 Å². The fraction of sp³-hybridized carbons (Fsp3) is 0.389. The van der Waals surface area contributed by atoms with E-state index in [0.29, 0.717) is 36.2 Å². The third-order valence-electron chi connectivity index (χ3n) is 4.22. The predicted octanol–water partition coefficient (Wildman–Crippen LogP) is 2.90. The van der Waals surface area contributed by atoms with Gasteiger partial charge in [-0.15, -0.1) is 0 Å². The zero-order valence-corrected chi connectivity index (χ0v) is 15.4. The third-order valence-corrected chi connectivity index (χ3v) is 4.57. The van der Waals surface area contributed by atoms with Crippen LogP contribution in [-0.4, -0.2) is 42.2 Å². The molecule has 0 atom stereocenters. The van der Waals surface area contributed by atoms with Gasteiger partial charge in [-0.05, 0) is 26.0 Å². The van der Waals surface area contributed by atoms with Gasteiger partial charge >= 0.3 is 0 Å². The van der Waals surface area contributed by atoms with E-state index in [1.54, 1.807) is 6.07 Å². The second kappa shape index (κ2) is 7.97. The van der Waals surface area contributed by atoms with Crippen molar-refractivity contribution < 1.29 is 13.9 Å². The van der Waals surface area contributed by atoms with Crippen LogP contribution in [0.15, 0.2) is 18.2 Å². The highest BCUT2D eigenvalue weighted by molar-refractivity contribution is 6.31. The monoisotopic (exact) mass is 378 g/mol. The van der Waals surface area contributed by atoms with E-state index in [1.807, 2.05) is 18.7 Å². The maximum atomic E-state index is 13.9. The summed E-state index contributed by atoms with van der Waals surface area (Å²) in [7, 11) is 0. The number of anilines is 2. The molecule has 0 aliphatic carbocycles. The van der Waals surface area contributed by atoms with Crippen molar-refractivity contribution in [3.63, 3.8) is 0 Å². The lowest BCUT2D eigenvalue weighted by atomic mass is 10.1. The van der Waals surface area contributed by atoms with Gasteiger partial charge in [-0.2, -0.15) is 0 Å². The molecule has 8 heteroatoms. The molecular weight excluding hydrogens is 359 g/mol. The van der Waals surface area contributed by atoms with Crippen LogP contribution in [0.2, 0.25) is 5.02 Å². The van der Waals surface area contributed by atoms with Crippen LogP contribution in [0.1, 0.15) is 17.0 Å². The number of aromatic nitrogens is 2. The molecule has 1 fully saturated rings. The highest BCUT2D eigenvalue weighted by atomic mass is 35.5. The molecule has 6 nitrogen and oxygen atoms in total. The van der Waals surface area contributed by atoms with Gasteiger partial charge in [-0.1, -0.05) is 17.7 Å². The average molecular weight is 379 g/mol. The topological polar surface area (TPSA) is 67.3 Å². The lowest BCUT2D eigenvalue weighted by molar-refractivity contribution is -0.115. The van der Waals surface area contributed by atoms with Crippen molar-refractivity contribution in [2.45, 2.75) is 20.3 Å². The summed E-state index contributed by atoms with van der Waals surface area (Å²) >= 11 is 5.99. The molecule has 1 aliphatic rings. The van der Waals surface area contributed by atoms with Gasteiger partial charge in [0.25, 0.3) is 0 Å². The minimum Gasteiger partial charge on any atom is -0.378 e. The average Bonchev–Trinajstić information content (AvgIpc) is 2.62. The number of carbonyl (C=O) groups is 1. The first kappa shape index (κ1) is 18.5. The largest absolute Gasteiger partial charge is 0.378 e. The molecule has 1 aliphatic heterocycles. The Morgan fingerprint density at radius 1 is 1.27 bits per heavy atom. The summed E-state index contributed by atoms with van der Waals surface area (Å²) in [5.74, 6) is -0.246. The number of ether oxygens (including phenoxy) is 1. The van der Waals surface area contributed by atoms with E-state index in [0.717, 1.165) is 13.1 Å².